The molecule has 20 heavy (non-hydrogen) atoms. The van der Waals surface area contributed by atoms with E-state index in [0.717, 1.165) is 4.47 Å². The Morgan fingerprint density at radius 1 is 1.20 bits per heavy atom. The van der Waals surface area contributed by atoms with Gasteiger partial charge >= 0.3 is 5.97 Å². The molecule has 1 aromatic carbocycles. The Hall–Kier alpha value is -1.36. The van der Waals surface area contributed by atoms with Crippen molar-refractivity contribution >= 4 is 27.7 Å². The Morgan fingerprint density at radius 3 is 2.25 bits per heavy atom. The molecule has 110 valence electrons. The van der Waals surface area contributed by atoms with E-state index in [2.05, 4.69) is 15.9 Å². The van der Waals surface area contributed by atoms with Gasteiger partial charge in [-0.05, 0) is 31.2 Å². The van der Waals surface area contributed by atoms with E-state index in [1.54, 1.807) is 39.8 Å². The SMILES string of the molecule is C[C@H](Oc1ccc(Br)cc1)C(=O)OCC(=O)C(C)(C)C. The second kappa shape index (κ2) is 6.88. The third-order valence-corrected chi connectivity index (χ3v) is 3.17. The highest BCUT2D eigenvalue weighted by atomic mass is 79.9. The van der Waals surface area contributed by atoms with Gasteiger partial charge in [0, 0.05) is 9.89 Å². The molecule has 0 aromatic heterocycles. The standard InChI is InChI=1S/C15H19BrO4/c1-10(20-12-7-5-11(16)6-8-12)14(18)19-9-13(17)15(2,3)4/h5-8,10H,9H2,1-4H3/t10-/m0/s1. The van der Waals surface area contributed by atoms with E-state index in [0.29, 0.717) is 5.75 Å². The zero-order valence-corrected chi connectivity index (χ0v) is 13.7. The predicted octanol–water partition coefficient (Wildman–Crippen LogP) is 3.37. The molecule has 0 saturated heterocycles. The first-order valence-electron chi connectivity index (χ1n) is 6.32. The Balaban J connectivity index is 2.47. The highest BCUT2D eigenvalue weighted by molar-refractivity contribution is 9.10. The fraction of sp³-hybridized carbons (Fsp3) is 0.467. The van der Waals surface area contributed by atoms with E-state index in [-0.39, 0.29) is 12.4 Å². The van der Waals surface area contributed by atoms with Crippen LogP contribution in [-0.2, 0) is 14.3 Å². The maximum atomic E-state index is 11.7. The van der Waals surface area contributed by atoms with Crippen molar-refractivity contribution in [2.75, 3.05) is 6.61 Å². The second-order valence-corrected chi connectivity index (χ2v) is 6.41. The molecule has 0 heterocycles. The number of carbonyl (C=O) groups is 2. The van der Waals surface area contributed by atoms with Gasteiger partial charge in [0.2, 0.25) is 0 Å². The van der Waals surface area contributed by atoms with Gasteiger partial charge in [0.25, 0.3) is 0 Å². The molecule has 1 atom stereocenters. The normalized spacial score (nSPS) is 12.7. The topological polar surface area (TPSA) is 52.6 Å². The number of carbonyl (C=O) groups excluding carboxylic acids is 2. The summed E-state index contributed by atoms with van der Waals surface area (Å²) in [6.45, 7) is 6.71. The van der Waals surface area contributed by atoms with Crippen LogP contribution in [0, 0.1) is 5.41 Å². The summed E-state index contributed by atoms with van der Waals surface area (Å²) in [5.74, 6) is -0.105. The van der Waals surface area contributed by atoms with Crippen LogP contribution in [0.4, 0.5) is 0 Å². The highest BCUT2D eigenvalue weighted by Gasteiger charge is 2.24. The van der Waals surface area contributed by atoms with Crippen LogP contribution in [0.5, 0.6) is 5.75 Å². The maximum Gasteiger partial charge on any atom is 0.347 e. The predicted molar refractivity (Wildman–Crippen MR) is 79.7 cm³/mol. The van der Waals surface area contributed by atoms with Crippen molar-refractivity contribution in [2.24, 2.45) is 5.41 Å². The van der Waals surface area contributed by atoms with Crippen LogP contribution in [0.15, 0.2) is 28.7 Å². The van der Waals surface area contributed by atoms with Crippen molar-refractivity contribution in [3.8, 4) is 5.75 Å². The molecule has 0 aliphatic rings. The first-order chi connectivity index (χ1) is 9.20. The molecular weight excluding hydrogens is 324 g/mol. The summed E-state index contributed by atoms with van der Waals surface area (Å²) in [4.78, 5) is 23.4. The number of ketones is 1. The van der Waals surface area contributed by atoms with Crippen LogP contribution >= 0.6 is 15.9 Å². The van der Waals surface area contributed by atoms with Gasteiger partial charge in [-0.3, -0.25) is 4.79 Å². The van der Waals surface area contributed by atoms with Crippen LogP contribution in [0.3, 0.4) is 0 Å². The molecule has 0 aliphatic heterocycles. The number of rotatable bonds is 5. The van der Waals surface area contributed by atoms with Crippen LogP contribution in [0.1, 0.15) is 27.7 Å². The summed E-state index contributed by atoms with van der Waals surface area (Å²) in [5, 5.41) is 0. The van der Waals surface area contributed by atoms with E-state index < -0.39 is 17.5 Å². The highest BCUT2D eigenvalue weighted by Crippen LogP contribution is 2.18. The lowest BCUT2D eigenvalue weighted by Crippen LogP contribution is -2.31. The quantitative estimate of drug-likeness (QED) is 0.769. The molecule has 0 N–H and O–H groups in total. The lowest BCUT2D eigenvalue weighted by atomic mass is 9.91. The van der Waals surface area contributed by atoms with Gasteiger partial charge in [-0.25, -0.2) is 4.79 Å². The zero-order chi connectivity index (χ0) is 15.3. The number of Topliss-reactive ketones (excluding diaryl/α,β-unsaturated/α-hetero) is 1. The second-order valence-electron chi connectivity index (χ2n) is 5.49. The summed E-state index contributed by atoms with van der Waals surface area (Å²) in [6.07, 6.45) is -0.760. The van der Waals surface area contributed by atoms with E-state index in [4.69, 9.17) is 9.47 Å². The van der Waals surface area contributed by atoms with E-state index in [9.17, 15) is 9.59 Å². The number of hydrogen-bond acceptors (Lipinski definition) is 4. The van der Waals surface area contributed by atoms with Crippen molar-refractivity contribution in [1.29, 1.82) is 0 Å². The fourth-order valence-corrected chi connectivity index (χ4v) is 1.50. The molecule has 5 heteroatoms. The first kappa shape index (κ1) is 16.7. The van der Waals surface area contributed by atoms with Crippen molar-refractivity contribution < 1.29 is 19.1 Å². The van der Waals surface area contributed by atoms with Crippen LogP contribution < -0.4 is 4.74 Å². The minimum atomic E-state index is -0.760. The lowest BCUT2D eigenvalue weighted by molar-refractivity contribution is -0.155. The number of esters is 1. The Morgan fingerprint density at radius 2 is 1.75 bits per heavy atom. The van der Waals surface area contributed by atoms with Crippen molar-refractivity contribution in [2.45, 2.75) is 33.8 Å². The van der Waals surface area contributed by atoms with Gasteiger partial charge in [-0.2, -0.15) is 0 Å². The zero-order valence-electron chi connectivity index (χ0n) is 12.1. The summed E-state index contributed by atoms with van der Waals surface area (Å²) in [5.41, 5.74) is -0.518. The lowest BCUT2D eigenvalue weighted by Gasteiger charge is -2.18. The molecular formula is C15H19BrO4. The van der Waals surface area contributed by atoms with E-state index in [1.807, 2.05) is 12.1 Å². The molecule has 0 saturated carbocycles. The van der Waals surface area contributed by atoms with Gasteiger partial charge < -0.3 is 9.47 Å². The fourth-order valence-electron chi connectivity index (χ4n) is 1.24. The number of benzene rings is 1. The molecule has 0 aliphatic carbocycles. The summed E-state index contributed by atoms with van der Waals surface area (Å²) in [6, 6.07) is 7.12. The largest absolute Gasteiger partial charge is 0.479 e. The molecule has 4 nitrogen and oxygen atoms in total. The third kappa shape index (κ3) is 5.33. The maximum absolute atomic E-state index is 11.7. The summed E-state index contributed by atoms with van der Waals surface area (Å²) < 4.78 is 11.3. The van der Waals surface area contributed by atoms with Gasteiger partial charge in [0.1, 0.15) is 5.75 Å². The van der Waals surface area contributed by atoms with Crippen molar-refractivity contribution in [3.05, 3.63) is 28.7 Å². The molecule has 0 spiro atoms. The van der Waals surface area contributed by atoms with Crippen molar-refractivity contribution in [1.82, 2.24) is 0 Å². The van der Waals surface area contributed by atoms with Gasteiger partial charge in [-0.15, -0.1) is 0 Å². The summed E-state index contributed by atoms with van der Waals surface area (Å²) >= 11 is 3.32. The molecule has 0 fully saturated rings. The third-order valence-electron chi connectivity index (χ3n) is 2.64. The molecule has 0 amide bonds. The van der Waals surface area contributed by atoms with Gasteiger partial charge in [0.15, 0.2) is 18.5 Å². The van der Waals surface area contributed by atoms with Crippen molar-refractivity contribution in [3.63, 3.8) is 0 Å². The molecule has 0 radical (unpaired) electrons. The van der Waals surface area contributed by atoms with Crippen LogP contribution in [0.25, 0.3) is 0 Å². The first-order valence-corrected chi connectivity index (χ1v) is 7.11. The monoisotopic (exact) mass is 342 g/mol. The molecule has 0 bridgehead atoms. The molecule has 1 rings (SSSR count). The van der Waals surface area contributed by atoms with E-state index in [1.165, 1.54) is 0 Å². The number of halogens is 1. The average Bonchev–Trinajstić information content (AvgIpc) is 2.36. The minimum Gasteiger partial charge on any atom is -0.479 e. The Labute approximate surface area is 127 Å². The Kier molecular flexibility index (Phi) is 5.74. The Bertz CT molecular complexity index is 474. The minimum absolute atomic E-state index is 0.123. The van der Waals surface area contributed by atoms with Gasteiger partial charge in [-0.1, -0.05) is 36.7 Å². The van der Waals surface area contributed by atoms with Crippen LogP contribution in [0.2, 0.25) is 0 Å². The smallest absolute Gasteiger partial charge is 0.347 e. The molecule has 0 unspecified atom stereocenters. The average molecular weight is 343 g/mol. The summed E-state index contributed by atoms with van der Waals surface area (Å²) in [7, 11) is 0. The number of ether oxygens (including phenoxy) is 2. The van der Waals surface area contributed by atoms with Gasteiger partial charge in [0.05, 0.1) is 0 Å². The molecule has 1 aromatic rings. The number of hydrogen-bond donors (Lipinski definition) is 0. The van der Waals surface area contributed by atoms with Crippen LogP contribution in [-0.4, -0.2) is 24.5 Å². The van der Waals surface area contributed by atoms with E-state index >= 15 is 0 Å².